The van der Waals surface area contributed by atoms with Gasteiger partial charge in [0.25, 0.3) is 0 Å². The summed E-state index contributed by atoms with van der Waals surface area (Å²) in [6.07, 6.45) is 4.17. The number of hydrogen-bond acceptors (Lipinski definition) is 3. The van der Waals surface area contributed by atoms with Crippen molar-refractivity contribution in [2.24, 2.45) is 5.92 Å². The number of piperidine rings is 1. The Hall–Kier alpha value is -0.940. The lowest BCUT2D eigenvalue weighted by molar-refractivity contribution is 0.317. The Morgan fingerprint density at radius 1 is 1.47 bits per heavy atom. The Kier molecular flexibility index (Phi) is 2.88. The predicted molar refractivity (Wildman–Crippen MR) is 70.7 cm³/mol. The molecule has 0 bridgehead atoms. The van der Waals surface area contributed by atoms with Crippen molar-refractivity contribution in [3.63, 3.8) is 0 Å². The summed E-state index contributed by atoms with van der Waals surface area (Å²) in [4.78, 5) is 12.2. The van der Waals surface area contributed by atoms with Gasteiger partial charge in [0.2, 0.25) is 0 Å². The van der Waals surface area contributed by atoms with Gasteiger partial charge in [-0.25, -0.2) is 9.97 Å². The maximum absolute atomic E-state index is 4.56. The molecule has 17 heavy (non-hydrogen) atoms. The zero-order valence-electron chi connectivity index (χ0n) is 9.70. The first-order chi connectivity index (χ1) is 8.22. The van der Waals surface area contributed by atoms with Crippen molar-refractivity contribution in [3.8, 4) is 0 Å². The molecule has 2 N–H and O–H groups in total. The third-order valence-corrected chi connectivity index (χ3v) is 3.75. The predicted octanol–water partition coefficient (Wildman–Crippen LogP) is 2.78. The molecule has 0 aliphatic carbocycles. The monoisotopic (exact) mass is 294 g/mol. The Morgan fingerprint density at radius 2 is 2.35 bits per heavy atom. The Bertz CT molecular complexity index is 536. The van der Waals surface area contributed by atoms with E-state index in [2.05, 4.69) is 43.1 Å². The van der Waals surface area contributed by atoms with Crippen LogP contribution >= 0.6 is 15.9 Å². The number of rotatable bonds is 1. The number of nitrogens with one attached hydrogen (secondary N) is 2. The van der Waals surface area contributed by atoms with E-state index < -0.39 is 0 Å². The van der Waals surface area contributed by atoms with E-state index >= 15 is 0 Å². The van der Waals surface area contributed by atoms with Crippen molar-refractivity contribution in [3.05, 3.63) is 22.6 Å². The van der Waals surface area contributed by atoms with Gasteiger partial charge in [-0.2, -0.15) is 0 Å². The van der Waals surface area contributed by atoms with E-state index in [1.54, 1.807) is 6.20 Å². The van der Waals surface area contributed by atoms with Crippen LogP contribution in [0.15, 0.2) is 16.7 Å². The average Bonchev–Trinajstić information content (AvgIpc) is 2.72. The molecule has 0 amide bonds. The molecule has 1 fully saturated rings. The minimum atomic E-state index is 0.340. The number of imidazole rings is 1. The number of pyridine rings is 1. The van der Waals surface area contributed by atoms with Gasteiger partial charge in [0.1, 0.15) is 5.82 Å². The molecule has 90 valence electrons. The summed E-state index contributed by atoms with van der Waals surface area (Å²) in [6, 6.07) is 2.36. The molecule has 2 aromatic heterocycles. The first-order valence-corrected chi connectivity index (χ1v) is 6.76. The summed E-state index contributed by atoms with van der Waals surface area (Å²) < 4.78 is 0.977. The molecule has 0 aromatic carbocycles. The van der Waals surface area contributed by atoms with Gasteiger partial charge < -0.3 is 10.3 Å². The summed E-state index contributed by atoms with van der Waals surface area (Å²) in [6.45, 7) is 3.37. The third kappa shape index (κ3) is 2.21. The molecule has 3 heterocycles. The summed E-state index contributed by atoms with van der Waals surface area (Å²) in [5.74, 6) is 1.77. The highest BCUT2D eigenvalue weighted by Gasteiger charge is 2.22. The van der Waals surface area contributed by atoms with Gasteiger partial charge in [-0.3, -0.25) is 0 Å². The summed E-state index contributed by atoms with van der Waals surface area (Å²) in [5.41, 5.74) is 1.79. The van der Waals surface area contributed by atoms with Crippen LogP contribution in [0.5, 0.6) is 0 Å². The third-order valence-electron chi connectivity index (χ3n) is 3.32. The maximum Gasteiger partial charge on any atom is 0.177 e. The summed E-state index contributed by atoms with van der Waals surface area (Å²) >= 11 is 3.42. The van der Waals surface area contributed by atoms with Gasteiger partial charge in [-0.05, 0) is 47.3 Å². The van der Waals surface area contributed by atoms with Crippen LogP contribution in [0.2, 0.25) is 0 Å². The second kappa shape index (κ2) is 4.38. The van der Waals surface area contributed by atoms with E-state index in [9.17, 15) is 0 Å². The molecule has 1 saturated heterocycles. The fourth-order valence-electron chi connectivity index (χ4n) is 2.37. The topological polar surface area (TPSA) is 53.6 Å². The maximum atomic E-state index is 4.56. The van der Waals surface area contributed by atoms with Gasteiger partial charge in [0.15, 0.2) is 5.65 Å². The number of hydrogen-bond donors (Lipinski definition) is 2. The second-order valence-electron chi connectivity index (χ2n) is 4.78. The average molecular weight is 295 g/mol. The van der Waals surface area contributed by atoms with E-state index in [0.717, 1.165) is 40.3 Å². The minimum absolute atomic E-state index is 0.340. The number of aromatic amines is 1. The zero-order chi connectivity index (χ0) is 11.8. The molecule has 1 aliphatic heterocycles. The lowest BCUT2D eigenvalue weighted by Crippen LogP contribution is -2.31. The number of nitrogens with zero attached hydrogens (tertiary/aromatic N) is 2. The van der Waals surface area contributed by atoms with Crippen LogP contribution in [0.25, 0.3) is 11.2 Å². The van der Waals surface area contributed by atoms with Crippen molar-refractivity contribution in [1.29, 1.82) is 0 Å². The highest BCUT2D eigenvalue weighted by Crippen LogP contribution is 2.26. The molecule has 0 spiro atoms. The van der Waals surface area contributed by atoms with Crippen LogP contribution < -0.4 is 5.32 Å². The van der Waals surface area contributed by atoms with Crippen LogP contribution in [0.3, 0.4) is 0 Å². The summed E-state index contributed by atoms with van der Waals surface area (Å²) in [7, 11) is 0. The van der Waals surface area contributed by atoms with Crippen molar-refractivity contribution in [1.82, 2.24) is 20.3 Å². The molecule has 2 unspecified atom stereocenters. The first kappa shape index (κ1) is 11.2. The molecular formula is C12H15BrN4. The van der Waals surface area contributed by atoms with Crippen molar-refractivity contribution in [2.45, 2.75) is 25.8 Å². The molecule has 2 aromatic rings. The van der Waals surface area contributed by atoms with Gasteiger partial charge in [0.05, 0.1) is 11.6 Å². The molecule has 2 atom stereocenters. The molecule has 1 aliphatic rings. The van der Waals surface area contributed by atoms with Crippen molar-refractivity contribution < 1.29 is 0 Å². The molecular weight excluding hydrogens is 280 g/mol. The van der Waals surface area contributed by atoms with Crippen molar-refractivity contribution in [2.75, 3.05) is 6.54 Å². The lowest BCUT2D eigenvalue weighted by atomic mass is 9.94. The molecule has 5 heteroatoms. The smallest absolute Gasteiger partial charge is 0.177 e. The fourth-order valence-corrected chi connectivity index (χ4v) is 2.71. The van der Waals surface area contributed by atoms with E-state index in [1.165, 1.54) is 6.42 Å². The Balaban J connectivity index is 1.94. The van der Waals surface area contributed by atoms with Crippen LogP contribution in [-0.4, -0.2) is 21.5 Å². The molecule has 3 rings (SSSR count). The number of fused-ring (bicyclic) bond motifs is 1. The Morgan fingerprint density at radius 3 is 3.18 bits per heavy atom. The van der Waals surface area contributed by atoms with Crippen LogP contribution in [0.1, 0.15) is 31.6 Å². The van der Waals surface area contributed by atoms with Crippen LogP contribution in [0, 0.1) is 5.92 Å². The number of aromatic nitrogens is 3. The highest BCUT2D eigenvalue weighted by atomic mass is 79.9. The number of halogens is 1. The second-order valence-corrected chi connectivity index (χ2v) is 5.70. The normalized spacial score (nSPS) is 25.3. The van der Waals surface area contributed by atoms with Crippen molar-refractivity contribution >= 4 is 27.1 Å². The minimum Gasteiger partial charge on any atom is -0.339 e. The van der Waals surface area contributed by atoms with Gasteiger partial charge in [-0.15, -0.1) is 0 Å². The van der Waals surface area contributed by atoms with Gasteiger partial charge in [-0.1, -0.05) is 6.92 Å². The molecule has 0 saturated carbocycles. The SMILES string of the molecule is CC1CCNC(c2nc3ncc(Br)cc3[nH]2)C1. The number of H-pyrrole nitrogens is 1. The lowest BCUT2D eigenvalue weighted by Gasteiger charge is -2.26. The first-order valence-electron chi connectivity index (χ1n) is 5.97. The zero-order valence-corrected chi connectivity index (χ0v) is 11.3. The largest absolute Gasteiger partial charge is 0.339 e. The van der Waals surface area contributed by atoms with E-state index in [-0.39, 0.29) is 0 Å². The van der Waals surface area contributed by atoms with E-state index in [1.807, 2.05) is 6.07 Å². The standard InChI is InChI=1S/C12H15BrN4/c1-7-2-3-14-9(4-7)12-16-10-5-8(13)6-15-11(10)17-12/h5-7,9,14H,2-4H2,1H3,(H,15,16,17). The van der Waals surface area contributed by atoms with Gasteiger partial charge >= 0.3 is 0 Å². The summed E-state index contributed by atoms with van der Waals surface area (Å²) in [5, 5.41) is 3.51. The fraction of sp³-hybridized carbons (Fsp3) is 0.500. The quantitative estimate of drug-likeness (QED) is 0.850. The molecule has 4 nitrogen and oxygen atoms in total. The van der Waals surface area contributed by atoms with E-state index in [0.29, 0.717) is 6.04 Å². The molecule has 0 radical (unpaired) electrons. The highest BCUT2D eigenvalue weighted by molar-refractivity contribution is 9.10. The van der Waals surface area contributed by atoms with Crippen LogP contribution in [-0.2, 0) is 0 Å². The Labute approximate surface area is 108 Å². The van der Waals surface area contributed by atoms with Gasteiger partial charge in [0, 0.05) is 10.7 Å². The van der Waals surface area contributed by atoms with E-state index in [4.69, 9.17) is 0 Å². The van der Waals surface area contributed by atoms with Crippen LogP contribution in [0.4, 0.5) is 0 Å².